The highest BCUT2D eigenvalue weighted by molar-refractivity contribution is 8.76. The lowest BCUT2D eigenvalue weighted by Gasteiger charge is -2.16. The standard InChI is InChI=1S/C24H29N5O5S2/c1-3-10-29-15-20(28-29)14-26-23(31)18-7-8-21(19(13-18)16-34-17(2)30)27-24(32)33-11-12-35-36-22-6-4-5-9-25-22/h4-9,13,15,28H,3,10-12,14,16H2,1-2H3,(H,26,31)(H,27,32). The van der Waals surface area contributed by atoms with Gasteiger partial charge in [-0.2, -0.15) is 0 Å². The van der Waals surface area contributed by atoms with Crippen LogP contribution >= 0.6 is 21.6 Å². The van der Waals surface area contributed by atoms with Gasteiger partial charge >= 0.3 is 12.1 Å². The van der Waals surface area contributed by atoms with Crippen molar-refractivity contribution in [2.24, 2.45) is 0 Å². The second kappa shape index (κ2) is 14.2. The van der Waals surface area contributed by atoms with Crippen LogP contribution < -0.4 is 10.6 Å². The Morgan fingerprint density at radius 3 is 2.72 bits per heavy atom. The van der Waals surface area contributed by atoms with Crippen LogP contribution in [0.15, 0.2) is 53.8 Å². The van der Waals surface area contributed by atoms with E-state index in [2.05, 4.69) is 27.6 Å². The van der Waals surface area contributed by atoms with Gasteiger partial charge < -0.3 is 14.8 Å². The summed E-state index contributed by atoms with van der Waals surface area (Å²) in [6.45, 7) is 4.75. The summed E-state index contributed by atoms with van der Waals surface area (Å²) in [6, 6.07) is 10.4. The number of benzene rings is 1. The molecule has 0 aliphatic rings. The Kier molecular flexibility index (Phi) is 10.8. The number of ether oxygens (including phenoxy) is 2. The van der Waals surface area contributed by atoms with Gasteiger partial charge in [-0.15, -0.1) is 0 Å². The Balaban J connectivity index is 1.51. The van der Waals surface area contributed by atoms with Crippen molar-refractivity contribution in [3.63, 3.8) is 0 Å². The Hall–Kier alpha value is -3.38. The number of nitrogens with zero attached hydrogens (tertiary/aromatic N) is 2. The third kappa shape index (κ3) is 9.00. The minimum absolute atomic E-state index is 0.0959. The molecule has 0 radical (unpaired) electrons. The fraction of sp³-hybridized carbons (Fsp3) is 0.333. The Labute approximate surface area is 217 Å². The molecule has 2 amide bonds. The first-order chi connectivity index (χ1) is 17.4. The average Bonchev–Trinajstić information content (AvgIpc) is 2.84. The third-order valence-electron chi connectivity index (χ3n) is 4.72. The summed E-state index contributed by atoms with van der Waals surface area (Å²) in [5.74, 6) is -0.178. The summed E-state index contributed by atoms with van der Waals surface area (Å²) < 4.78 is 12.3. The highest BCUT2D eigenvalue weighted by Gasteiger charge is 2.14. The Morgan fingerprint density at radius 1 is 1.17 bits per heavy atom. The van der Waals surface area contributed by atoms with E-state index in [-0.39, 0.29) is 19.1 Å². The number of carbonyl (C=O) groups excluding carboxylic acids is 3. The number of aromatic amines is 1. The fourth-order valence-corrected chi connectivity index (χ4v) is 4.77. The summed E-state index contributed by atoms with van der Waals surface area (Å²) >= 11 is 0. The minimum Gasteiger partial charge on any atom is -0.461 e. The number of aromatic nitrogens is 3. The van der Waals surface area contributed by atoms with Crippen molar-refractivity contribution in [3.8, 4) is 0 Å². The SMILES string of the molecule is CCCn1cc(CNC(=O)c2ccc(NC(=O)OCCSSc3ccccn3)c(COC(C)=O)c2)[nH]1. The van der Waals surface area contributed by atoms with Gasteiger partial charge in [0.15, 0.2) is 0 Å². The normalized spacial score (nSPS) is 10.6. The summed E-state index contributed by atoms with van der Waals surface area (Å²) in [5, 5.41) is 9.53. The highest BCUT2D eigenvalue weighted by Crippen LogP contribution is 2.28. The topological polar surface area (TPSA) is 127 Å². The second-order valence-electron chi connectivity index (χ2n) is 7.63. The zero-order valence-electron chi connectivity index (χ0n) is 20.1. The van der Waals surface area contributed by atoms with Crippen molar-refractivity contribution < 1.29 is 23.9 Å². The van der Waals surface area contributed by atoms with Crippen molar-refractivity contribution in [2.45, 2.75) is 45.0 Å². The zero-order chi connectivity index (χ0) is 25.8. The maximum atomic E-state index is 12.6. The van der Waals surface area contributed by atoms with Gasteiger partial charge in [0.25, 0.3) is 5.91 Å². The molecule has 0 saturated carbocycles. The molecule has 0 spiro atoms. The second-order valence-corrected chi connectivity index (χ2v) is 10.1. The van der Waals surface area contributed by atoms with Crippen LogP contribution in [0.3, 0.4) is 0 Å². The zero-order valence-corrected chi connectivity index (χ0v) is 21.7. The van der Waals surface area contributed by atoms with Gasteiger partial charge in [-0.3, -0.25) is 24.7 Å². The number of aryl methyl sites for hydroxylation is 1. The molecule has 0 saturated heterocycles. The van der Waals surface area contributed by atoms with E-state index in [0.29, 0.717) is 29.1 Å². The van der Waals surface area contributed by atoms with Crippen LogP contribution in [0.1, 0.15) is 41.9 Å². The number of carbonyl (C=O) groups is 3. The smallest absolute Gasteiger partial charge is 0.411 e. The van der Waals surface area contributed by atoms with E-state index in [1.165, 1.54) is 28.5 Å². The molecule has 0 aliphatic heterocycles. The van der Waals surface area contributed by atoms with Gasteiger partial charge in [-0.1, -0.05) is 23.8 Å². The van der Waals surface area contributed by atoms with Gasteiger partial charge in [0.2, 0.25) is 0 Å². The number of nitrogens with one attached hydrogen (secondary N) is 3. The van der Waals surface area contributed by atoms with Crippen LogP contribution in [-0.2, 0) is 34.0 Å². The van der Waals surface area contributed by atoms with Gasteiger partial charge in [0.1, 0.15) is 18.2 Å². The fourth-order valence-electron chi connectivity index (χ4n) is 3.06. The predicted molar refractivity (Wildman–Crippen MR) is 140 cm³/mol. The van der Waals surface area contributed by atoms with Crippen LogP contribution in [0.5, 0.6) is 0 Å². The number of pyridine rings is 1. The van der Waals surface area contributed by atoms with Crippen molar-refractivity contribution in [2.75, 3.05) is 17.7 Å². The van der Waals surface area contributed by atoms with E-state index in [4.69, 9.17) is 9.47 Å². The number of hydrogen-bond donors (Lipinski definition) is 3. The number of amides is 2. The average molecular weight is 532 g/mol. The Morgan fingerprint density at radius 2 is 2.00 bits per heavy atom. The van der Waals surface area contributed by atoms with E-state index in [1.807, 2.05) is 29.1 Å². The van der Waals surface area contributed by atoms with Crippen molar-refractivity contribution in [1.82, 2.24) is 20.1 Å². The van der Waals surface area contributed by atoms with Gasteiger partial charge in [-0.05, 0) is 47.5 Å². The maximum Gasteiger partial charge on any atom is 0.411 e. The first kappa shape index (κ1) is 27.2. The van der Waals surface area contributed by atoms with E-state index >= 15 is 0 Å². The molecule has 192 valence electrons. The predicted octanol–water partition coefficient (Wildman–Crippen LogP) is 4.60. The molecule has 2 aromatic heterocycles. The van der Waals surface area contributed by atoms with Gasteiger partial charge in [0, 0.05) is 42.7 Å². The lowest BCUT2D eigenvalue weighted by atomic mass is 10.1. The minimum atomic E-state index is -0.639. The van der Waals surface area contributed by atoms with E-state index < -0.39 is 12.1 Å². The van der Waals surface area contributed by atoms with Crippen LogP contribution in [0, 0.1) is 0 Å². The lowest BCUT2D eigenvalue weighted by Crippen LogP contribution is -2.26. The molecule has 0 bridgehead atoms. The molecular weight excluding hydrogens is 502 g/mol. The van der Waals surface area contributed by atoms with Gasteiger partial charge in [-0.25, -0.2) is 9.78 Å². The molecule has 10 nitrogen and oxygen atoms in total. The first-order valence-corrected chi connectivity index (χ1v) is 13.7. The molecule has 0 fully saturated rings. The molecule has 0 aliphatic carbocycles. The van der Waals surface area contributed by atoms with Gasteiger partial charge in [0.05, 0.1) is 17.9 Å². The monoisotopic (exact) mass is 531 g/mol. The van der Waals surface area contributed by atoms with Crippen LogP contribution in [0.25, 0.3) is 0 Å². The van der Waals surface area contributed by atoms with E-state index in [0.717, 1.165) is 23.7 Å². The molecule has 1 aromatic carbocycles. The number of H-pyrrole nitrogens is 1. The van der Waals surface area contributed by atoms with E-state index in [9.17, 15) is 14.4 Å². The molecule has 36 heavy (non-hydrogen) atoms. The number of anilines is 1. The lowest BCUT2D eigenvalue weighted by molar-refractivity contribution is -0.142. The molecule has 0 unspecified atom stereocenters. The highest BCUT2D eigenvalue weighted by atomic mass is 33.1. The summed E-state index contributed by atoms with van der Waals surface area (Å²) in [5.41, 5.74) is 2.16. The molecule has 12 heteroatoms. The van der Waals surface area contributed by atoms with Crippen molar-refractivity contribution in [3.05, 3.63) is 65.6 Å². The summed E-state index contributed by atoms with van der Waals surface area (Å²) in [7, 11) is 3.03. The summed E-state index contributed by atoms with van der Waals surface area (Å²) in [6.07, 6.45) is 4.05. The van der Waals surface area contributed by atoms with Crippen LogP contribution in [-0.4, -0.2) is 45.1 Å². The number of rotatable bonds is 13. The number of hydrogen-bond acceptors (Lipinski definition) is 8. The molecule has 3 rings (SSSR count). The largest absolute Gasteiger partial charge is 0.461 e. The molecule has 3 N–H and O–H groups in total. The maximum absolute atomic E-state index is 12.6. The molecule has 2 heterocycles. The first-order valence-electron chi connectivity index (χ1n) is 11.4. The quantitative estimate of drug-likeness (QED) is 0.166. The number of esters is 1. The molecular formula is C24H29N5O5S2. The summed E-state index contributed by atoms with van der Waals surface area (Å²) in [4.78, 5) is 40.4. The van der Waals surface area contributed by atoms with Crippen LogP contribution in [0.4, 0.5) is 10.5 Å². The molecule has 0 atom stereocenters. The Bertz CT molecular complexity index is 1140. The van der Waals surface area contributed by atoms with Crippen molar-refractivity contribution >= 4 is 45.2 Å². The third-order valence-corrected chi connectivity index (χ3v) is 6.95. The van der Waals surface area contributed by atoms with E-state index in [1.54, 1.807) is 24.4 Å². The van der Waals surface area contributed by atoms with Crippen molar-refractivity contribution in [1.29, 1.82) is 0 Å². The van der Waals surface area contributed by atoms with Crippen LogP contribution in [0.2, 0.25) is 0 Å². The molecule has 3 aromatic rings.